The first-order valence-electron chi connectivity index (χ1n) is 15.3. The van der Waals surface area contributed by atoms with E-state index in [9.17, 15) is 19.2 Å². The van der Waals surface area contributed by atoms with Crippen LogP contribution in [0.2, 0.25) is 0 Å². The van der Waals surface area contributed by atoms with Crippen LogP contribution in [0, 0.1) is 19.7 Å². The van der Waals surface area contributed by atoms with Crippen molar-refractivity contribution >= 4 is 28.3 Å². The summed E-state index contributed by atoms with van der Waals surface area (Å²) in [4.78, 5) is 55.2. The third-order valence-electron chi connectivity index (χ3n) is 7.10. The molecule has 1 amide bonds. The van der Waals surface area contributed by atoms with Crippen molar-refractivity contribution in [2.75, 3.05) is 19.0 Å². The highest BCUT2D eigenvalue weighted by molar-refractivity contribution is 5.96. The van der Waals surface area contributed by atoms with Gasteiger partial charge < -0.3 is 10.2 Å². The van der Waals surface area contributed by atoms with Gasteiger partial charge in [-0.2, -0.15) is 0 Å². The molecule has 0 atom stereocenters. The number of anilines is 2. The quantitative estimate of drug-likeness (QED) is 0.294. The van der Waals surface area contributed by atoms with E-state index >= 15 is 4.39 Å². The summed E-state index contributed by atoms with van der Waals surface area (Å²) in [6.45, 7) is 15.3. The van der Waals surface area contributed by atoms with Gasteiger partial charge in [0.25, 0.3) is 17.0 Å². The molecule has 0 radical (unpaired) electrons. The summed E-state index contributed by atoms with van der Waals surface area (Å²) in [7, 11) is 4.61. The molecule has 1 N–H and O–H groups in total. The Kier molecular flexibility index (Phi) is 12.4. The normalized spacial score (nSPS) is 11.7. The van der Waals surface area contributed by atoms with Crippen LogP contribution in [0.1, 0.15) is 81.9 Å². The fraction of sp³-hybridized carbons (Fsp3) is 0.412. The van der Waals surface area contributed by atoms with Crippen LogP contribution < -0.4 is 27.0 Å². The number of pyridine rings is 1. The van der Waals surface area contributed by atoms with Crippen LogP contribution in [0.5, 0.6) is 0 Å². The fourth-order valence-corrected chi connectivity index (χ4v) is 5.01. The molecule has 0 saturated heterocycles. The van der Waals surface area contributed by atoms with E-state index in [1.807, 2.05) is 41.5 Å². The number of halogens is 1. The van der Waals surface area contributed by atoms with Crippen LogP contribution in [-0.2, 0) is 7.05 Å². The van der Waals surface area contributed by atoms with Crippen LogP contribution >= 0.6 is 0 Å². The summed E-state index contributed by atoms with van der Waals surface area (Å²) in [6.07, 6.45) is 1.34. The molecule has 238 valence electrons. The summed E-state index contributed by atoms with van der Waals surface area (Å²) >= 11 is 0. The van der Waals surface area contributed by atoms with Crippen molar-refractivity contribution in [3.8, 4) is 5.69 Å². The smallest absolute Gasteiger partial charge is 0.336 e. The monoisotopic (exact) mass is 607 g/mol. The third kappa shape index (κ3) is 6.54. The predicted octanol–water partition coefficient (Wildman–Crippen LogP) is 6.15. The molecule has 2 aromatic carbocycles. The Bertz CT molecular complexity index is 1820. The van der Waals surface area contributed by atoms with Crippen molar-refractivity contribution in [1.82, 2.24) is 19.0 Å². The summed E-state index contributed by atoms with van der Waals surface area (Å²) in [5.41, 5.74) is 0.290. The molecule has 1 saturated carbocycles. The zero-order valence-corrected chi connectivity index (χ0v) is 27.8. The van der Waals surface area contributed by atoms with Crippen molar-refractivity contribution in [3.05, 3.63) is 96.2 Å². The van der Waals surface area contributed by atoms with Crippen LogP contribution in [0.25, 0.3) is 16.6 Å². The van der Waals surface area contributed by atoms with Crippen LogP contribution in [0.15, 0.2) is 56.8 Å². The highest BCUT2D eigenvalue weighted by Crippen LogP contribution is 2.35. The van der Waals surface area contributed by atoms with Crippen molar-refractivity contribution in [2.24, 2.45) is 7.05 Å². The lowest BCUT2D eigenvalue weighted by atomic mass is 10.1. The number of fused-ring (bicyclic) bond motifs is 1. The first-order chi connectivity index (χ1) is 21.1. The van der Waals surface area contributed by atoms with Crippen LogP contribution in [0.4, 0.5) is 15.9 Å². The lowest BCUT2D eigenvalue weighted by Gasteiger charge is -2.26. The standard InChI is InChI=1S/C28H28FN5O4.3C2H6/c1-15-9-12-21(20(29)13-15)31(4)25-22-23(16(2)26(36)32(25)5)33(28(38)34(27(22)37)18-10-11-18)19-8-6-7-17(14-19)24(35)30-3;3*1-2/h6-9,12-14,18H,10-11H2,1-5H3,(H,30,35);3*1-2H3. The summed E-state index contributed by atoms with van der Waals surface area (Å²) in [5, 5.41) is 2.68. The number of rotatable bonds is 5. The lowest BCUT2D eigenvalue weighted by Crippen LogP contribution is -2.42. The molecular weight excluding hydrogens is 561 g/mol. The topological polar surface area (TPSA) is 98.3 Å². The molecule has 0 spiro atoms. The number of carbonyl (C=O) groups is 1. The number of aromatic nitrogens is 3. The second-order valence-corrected chi connectivity index (χ2v) is 9.70. The Labute approximate surface area is 258 Å². The molecule has 1 aliphatic carbocycles. The van der Waals surface area contributed by atoms with Crippen LogP contribution in [-0.4, -0.2) is 33.7 Å². The van der Waals surface area contributed by atoms with Gasteiger partial charge in [-0.05, 0) is 62.6 Å². The molecule has 1 aliphatic rings. The number of hydrogen-bond donors (Lipinski definition) is 1. The molecule has 0 aliphatic heterocycles. The zero-order chi connectivity index (χ0) is 33.5. The number of hydrogen-bond acceptors (Lipinski definition) is 5. The maximum absolute atomic E-state index is 15.1. The van der Waals surface area contributed by atoms with E-state index in [-0.39, 0.29) is 39.9 Å². The molecule has 2 aromatic heterocycles. The molecule has 10 heteroatoms. The number of nitrogens with zero attached hydrogens (tertiary/aromatic N) is 4. The number of benzene rings is 2. The maximum Gasteiger partial charge on any atom is 0.336 e. The van der Waals surface area contributed by atoms with Gasteiger partial charge in [-0.25, -0.2) is 9.18 Å². The Morgan fingerprint density at radius 1 is 0.932 bits per heavy atom. The minimum absolute atomic E-state index is 0.115. The first-order valence-corrected chi connectivity index (χ1v) is 15.3. The predicted molar refractivity (Wildman–Crippen MR) is 179 cm³/mol. The number of nitrogens with one attached hydrogen (secondary N) is 1. The van der Waals surface area contributed by atoms with E-state index in [0.29, 0.717) is 24.1 Å². The van der Waals surface area contributed by atoms with E-state index in [1.165, 1.54) is 38.8 Å². The van der Waals surface area contributed by atoms with Gasteiger partial charge in [0, 0.05) is 38.3 Å². The van der Waals surface area contributed by atoms with E-state index in [0.717, 1.165) is 5.56 Å². The average Bonchev–Trinajstić information content (AvgIpc) is 3.88. The first kappa shape index (κ1) is 35.7. The molecule has 0 bridgehead atoms. The second kappa shape index (κ2) is 15.3. The van der Waals surface area contributed by atoms with E-state index < -0.39 is 22.6 Å². The second-order valence-electron chi connectivity index (χ2n) is 9.70. The molecule has 2 heterocycles. The minimum Gasteiger partial charge on any atom is -0.355 e. The maximum atomic E-state index is 15.1. The van der Waals surface area contributed by atoms with Gasteiger partial charge in [0.2, 0.25) is 0 Å². The largest absolute Gasteiger partial charge is 0.355 e. The Morgan fingerprint density at radius 2 is 1.55 bits per heavy atom. The molecular formula is C34H46FN5O4. The average molecular weight is 608 g/mol. The number of aryl methyl sites for hydroxylation is 2. The lowest BCUT2D eigenvalue weighted by molar-refractivity contribution is 0.0963. The minimum atomic E-state index is -0.592. The number of amides is 1. The fourth-order valence-electron chi connectivity index (χ4n) is 5.01. The Hall–Kier alpha value is -4.47. The summed E-state index contributed by atoms with van der Waals surface area (Å²) in [5.74, 6) is -0.695. The van der Waals surface area contributed by atoms with Crippen molar-refractivity contribution in [3.63, 3.8) is 0 Å². The Morgan fingerprint density at radius 3 is 2.09 bits per heavy atom. The van der Waals surface area contributed by atoms with E-state index in [2.05, 4.69) is 5.32 Å². The molecule has 4 aromatic rings. The molecule has 5 rings (SSSR count). The van der Waals surface area contributed by atoms with Gasteiger partial charge in [0.1, 0.15) is 17.0 Å². The third-order valence-corrected chi connectivity index (χ3v) is 7.10. The molecule has 0 unspecified atom stereocenters. The van der Waals surface area contributed by atoms with Gasteiger partial charge in [-0.3, -0.25) is 28.1 Å². The SMILES string of the molecule is CC.CC.CC.CNC(=O)c1cccc(-n2c(=O)n(C3CC3)c(=O)c3c(N(C)c4ccc(C)cc4F)n(C)c(=O)c(C)c32)c1. The van der Waals surface area contributed by atoms with Gasteiger partial charge in [-0.15, -0.1) is 0 Å². The van der Waals surface area contributed by atoms with Crippen molar-refractivity contribution < 1.29 is 9.18 Å². The Balaban J connectivity index is 0.00000106. The van der Waals surface area contributed by atoms with E-state index in [4.69, 9.17) is 0 Å². The molecule has 44 heavy (non-hydrogen) atoms. The molecule has 1 fully saturated rings. The van der Waals surface area contributed by atoms with Crippen molar-refractivity contribution in [2.45, 2.75) is 74.3 Å². The molecule has 9 nitrogen and oxygen atoms in total. The highest BCUT2D eigenvalue weighted by Gasteiger charge is 2.32. The van der Waals surface area contributed by atoms with Gasteiger partial charge in [0.15, 0.2) is 0 Å². The zero-order valence-electron chi connectivity index (χ0n) is 27.8. The van der Waals surface area contributed by atoms with Crippen LogP contribution in [0.3, 0.4) is 0 Å². The summed E-state index contributed by atoms with van der Waals surface area (Å²) < 4.78 is 18.9. The highest BCUT2D eigenvalue weighted by atomic mass is 19.1. The summed E-state index contributed by atoms with van der Waals surface area (Å²) in [6, 6.07) is 10.9. The van der Waals surface area contributed by atoms with Gasteiger partial charge in [-0.1, -0.05) is 53.7 Å². The number of carbonyl (C=O) groups excluding carboxylic acids is 1. The van der Waals surface area contributed by atoms with Gasteiger partial charge in [0.05, 0.1) is 16.9 Å². The van der Waals surface area contributed by atoms with Gasteiger partial charge >= 0.3 is 5.69 Å². The van der Waals surface area contributed by atoms with Crippen molar-refractivity contribution in [1.29, 1.82) is 0 Å². The van der Waals surface area contributed by atoms with E-state index in [1.54, 1.807) is 57.3 Å².